The van der Waals surface area contributed by atoms with Crippen LogP contribution < -0.4 is 5.32 Å². The van der Waals surface area contributed by atoms with E-state index < -0.39 is 0 Å². The largest absolute Gasteiger partial charge is 0.316 e. The molecule has 1 heterocycles. The van der Waals surface area contributed by atoms with Gasteiger partial charge in [0.2, 0.25) is 0 Å². The Balaban J connectivity index is 2.50. The van der Waals surface area contributed by atoms with Crippen LogP contribution in [0.2, 0.25) is 0 Å². The maximum absolute atomic E-state index is 3.06. The maximum atomic E-state index is 3.06. The van der Waals surface area contributed by atoms with Crippen molar-refractivity contribution in [1.29, 1.82) is 0 Å². The van der Waals surface area contributed by atoms with Gasteiger partial charge in [-0.05, 0) is 37.1 Å². The van der Waals surface area contributed by atoms with Gasteiger partial charge in [0.1, 0.15) is 0 Å². The minimum atomic E-state index is 0.941. The van der Waals surface area contributed by atoms with E-state index in [2.05, 4.69) is 35.8 Å². The Morgan fingerprint density at radius 3 is 3.00 bits per heavy atom. The number of aryl methyl sites for hydroxylation is 1. The highest BCUT2D eigenvalue weighted by atomic mass is 32.1. The van der Waals surface area contributed by atoms with Crippen molar-refractivity contribution in [2.75, 3.05) is 13.6 Å². The van der Waals surface area contributed by atoms with E-state index in [1.807, 2.05) is 7.05 Å². The van der Waals surface area contributed by atoms with Crippen LogP contribution in [0.5, 0.6) is 0 Å². The number of nitrogens with one attached hydrogen (secondary N) is 1. The minimum absolute atomic E-state index is 0.941. The van der Waals surface area contributed by atoms with Gasteiger partial charge in [0.15, 0.2) is 0 Å². The Morgan fingerprint density at radius 2 is 2.45 bits per heavy atom. The summed E-state index contributed by atoms with van der Waals surface area (Å²) in [5.41, 5.74) is 1.35. The van der Waals surface area contributed by atoms with Gasteiger partial charge >= 0.3 is 0 Å². The molecule has 0 aliphatic heterocycles. The number of thiophene rings is 1. The molecule has 0 bridgehead atoms. The normalized spacial score (nSPS) is 11.1. The molecule has 0 atom stereocenters. The molecule has 0 aliphatic rings. The van der Waals surface area contributed by atoms with Gasteiger partial charge in [0.25, 0.3) is 0 Å². The first-order valence-corrected chi connectivity index (χ1v) is 4.57. The Labute approximate surface area is 71.8 Å². The average molecular weight is 167 g/mol. The second-order valence-corrected chi connectivity index (χ2v) is 3.43. The summed E-state index contributed by atoms with van der Waals surface area (Å²) in [6, 6.07) is 2.19. The van der Waals surface area contributed by atoms with E-state index in [9.17, 15) is 0 Å². The van der Waals surface area contributed by atoms with Crippen molar-refractivity contribution in [1.82, 2.24) is 5.32 Å². The zero-order valence-corrected chi connectivity index (χ0v) is 7.74. The number of rotatable bonds is 3. The molecule has 1 N–H and O–H groups in total. The second kappa shape index (κ2) is 4.31. The average Bonchev–Trinajstić information content (AvgIpc) is 2.37. The van der Waals surface area contributed by atoms with Gasteiger partial charge in [-0.1, -0.05) is 6.08 Å². The molecule has 11 heavy (non-hydrogen) atoms. The van der Waals surface area contributed by atoms with Crippen molar-refractivity contribution in [3.8, 4) is 0 Å². The van der Waals surface area contributed by atoms with E-state index in [1.165, 1.54) is 10.4 Å². The zero-order valence-electron chi connectivity index (χ0n) is 6.92. The number of likely N-dealkylation sites (N-methyl/N-ethyl adjacent to an activating group) is 1. The Hall–Kier alpha value is -0.600. The quantitative estimate of drug-likeness (QED) is 0.728. The highest BCUT2D eigenvalue weighted by Gasteiger charge is 1.88. The van der Waals surface area contributed by atoms with Crippen LogP contribution in [0.4, 0.5) is 0 Å². The van der Waals surface area contributed by atoms with Crippen molar-refractivity contribution >= 4 is 17.4 Å². The maximum Gasteiger partial charge on any atom is 0.0270 e. The third-order valence-electron chi connectivity index (χ3n) is 1.35. The molecule has 2 heteroatoms. The molecule has 1 aromatic rings. The summed E-state index contributed by atoms with van der Waals surface area (Å²) in [5, 5.41) is 5.23. The van der Waals surface area contributed by atoms with Crippen LogP contribution in [-0.2, 0) is 0 Å². The first-order valence-electron chi connectivity index (χ1n) is 3.69. The van der Waals surface area contributed by atoms with E-state index in [0.717, 1.165) is 6.54 Å². The summed E-state index contributed by atoms with van der Waals surface area (Å²) in [7, 11) is 1.95. The molecule has 0 spiro atoms. The molecule has 1 rings (SSSR count). The predicted molar refractivity (Wildman–Crippen MR) is 52.0 cm³/mol. The smallest absolute Gasteiger partial charge is 0.0270 e. The summed E-state index contributed by atoms with van der Waals surface area (Å²) in [5.74, 6) is 0. The lowest BCUT2D eigenvalue weighted by Gasteiger charge is -1.86. The highest BCUT2D eigenvalue weighted by Crippen LogP contribution is 2.14. The molecular weight excluding hydrogens is 154 g/mol. The molecule has 60 valence electrons. The van der Waals surface area contributed by atoms with Crippen LogP contribution in [-0.4, -0.2) is 13.6 Å². The summed E-state index contributed by atoms with van der Waals surface area (Å²) in [4.78, 5) is 1.33. The number of hydrogen-bond acceptors (Lipinski definition) is 2. The van der Waals surface area contributed by atoms with Gasteiger partial charge in [0.05, 0.1) is 0 Å². The molecule has 0 fully saturated rings. The van der Waals surface area contributed by atoms with Gasteiger partial charge in [-0.3, -0.25) is 0 Å². The third kappa shape index (κ3) is 2.87. The molecule has 1 nitrogen and oxygen atoms in total. The van der Waals surface area contributed by atoms with E-state index in [0.29, 0.717) is 0 Å². The first kappa shape index (κ1) is 8.50. The lowest BCUT2D eigenvalue weighted by Crippen LogP contribution is -2.03. The van der Waals surface area contributed by atoms with Crippen molar-refractivity contribution in [2.24, 2.45) is 0 Å². The fourth-order valence-electron chi connectivity index (χ4n) is 0.834. The van der Waals surface area contributed by atoms with Crippen LogP contribution in [0.3, 0.4) is 0 Å². The predicted octanol–water partition coefficient (Wildman–Crippen LogP) is 2.29. The van der Waals surface area contributed by atoms with Crippen LogP contribution in [0.15, 0.2) is 17.5 Å². The Kier molecular flexibility index (Phi) is 3.33. The molecule has 0 radical (unpaired) electrons. The number of hydrogen-bond donors (Lipinski definition) is 1. The van der Waals surface area contributed by atoms with Crippen LogP contribution in [0, 0.1) is 6.92 Å². The van der Waals surface area contributed by atoms with E-state index in [1.54, 1.807) is 11.3 Å². The van der Waals surface area contributed by atoms with Crippen LogP contribution in [0.1, 0.15) is 10.4 Å². The summed E-state index contributed by atoms with van der Waals surface area (Å²) >= 11 is 1.79. The summed E-state index contributed by atoms with van der Waals surface area (Å²) in [6.07, 6.45) is 4.28. The molecular formula is C9H13NS. The fraction of sp³-hybridized carbons (Fsp3) is 0.333. The lowest BCUT2D eigenvalue weighted by atomic mass is 10.3. The monoisotopic (exact) mass is 167 g/mol. The van der Waals surface area contributed by atoms with Crippen molar-refractivity contribution < 1.29 is 0 Å². The van der Waals surface area contributed by atoms with Crippen molar-refractivity contribution in [3.05, 3.63) is 28.0 Å². The van der Waals surface area contributed by atoms with Gasteiger partial charge in [-0.15, -0.1) is 11.3 Å². The van der Waals surface area contributed by atoms with E-state index in [4.69, 9.17) is 0 Å². The standard InChI is InChI=1S/C9H13NS/c1-8-6-9(11-7-8)4-3-5-10-2/h3-4,6-7,10H,5H2,1-2H3. The van der Waals surface area contributed by atoms with Crippen molar-refractivity contribution in [3.63, 3.8) is 0 Å². The molecule has 1 aromatic heterocycles. The molecule has 0 saturated heterocycles. The van der Waals surface area contributed by atoms with Gasteiger partial charge in [-0.2, -0.15) is 0 Å². The molecule has 0 aliphatic carbocycles. The highest BCUT2D eigenvalue weighted by molar-refractivity contribution is 7.11. The zero-order chi connectivity index (χ0) is 8.10. The molecule has 0 unspecified atom stereocenters. The second-order valence-electron chi connectivity index (χ2n) is 2.49. The minimum Gasteiger partial charge on any atom is -0.316 e. The van der Waals surface area contributed by atoms with Gasteiger partial charge in [-0.25, -0.2) is 0 Å². The third-order valence-corrected chi connectivity index (χ3v) is 2.37. The van der Waals surface area contributed by atoms with Gasteiger partial charge < -0.3 is 5.32 Å². The molecule has 0 amide bonds. The van der Waals surface area contributed by atoms with Crippen LogP contribution in [0.25, 0.3) is 6.08 Å². The summed E-state index contributed by atoms with van der Waals surface area (Å²) in [6.45, 7) is 3.06. The topological polar surface area (TPSA) is 12.0 Å². The lowest BCUT2D eigenvalue weighted by molar-refractivity contribution is 0.922. The van der Waals surface area contributed by atoms with Crippen molar-refractivity contribution in [2.45, 2.75) is 6.92 Å². The Bertz CT molecular complexity index is 237. The van der Waals surface area contributed by atoms with E-state index >= 15 is 0 Å². The molecule has 0 aromatic carbocycles. The first-order chi connectivity index (χ1) is 5.33. The van der Waals surface area contributed by atoms with Crippen LogP contribution >= 0.6 is 11.3 Å². The fourth-order valence-corrected chi connectivity index (χ4v) is 1.65. The summed E-state index contributed by atoms with van der Waals surface area (Å²) < 4.78 is 0. The SMILES string of the molecule is CNCC=Cc1cc(C)cs1. The Morgan fingerprint density at radius 1 is 1.64 bits per heavy atom. The molecule has 0 saturated carbocycles. The van der Waals surface area contributed by atoms with E-state index in [-0.39, 0.29) is 0 Å². The van der Waals surface area contributed by atoms with Gasteiger partial charge in [0, 0.05) is 11.4 Å².